The Morgan fingerprint density at radius 3 is 1.09 bits per heavy atom. The van der Waals surface area contributed by atoms with E-state index in [1.807, 2.05) is 37.7 Å². The Hall–Kier alpha value is 0.912. The van der Waals surface area contributed by atoms with Crippen LogP contribution in [0.15, 0.2) is 18.2 Å². The Morgan fingerprint density at radius 1 is 0.625 bits per heavy atom. The predicted molar refractivity (Wildman–Crippen MR) is 146 cm³/mol. The van der Waals surface area contributed by atoms with E-state index in [2.05, 4.69) is 95.7 Å². The molecule has 0 saturated carbocycles. The quantitative estimate of drug-likeness (QED) is 0.0809. The Labute approximate surface area is 222 Å². The first-order valence-electron chi connectivity index (χ1n) is 11.6. The number of benzene rings is 1. The summed E-state index contributed by atoms with van der Waals surface area (Å²) in [4.78, 5) is 0. The molecule has 0 fully saturated rings. The van der Waals surface area contributed by atoms with E-state index >= 15 is 0 Å². The van der Waals surface area contributed by atoms with Crippen molar-refractivity contribution < 1.29 is 24.6 Å². The summed E-state index contributed by atoms with van der Waals surface area (Å²) in [5.74, 6) is 1.51. The van der Waals surface area contributed by atoms with Crippen LogP contribution < -0.4 is 9.05 Å². The SMILES string of the molecule is CCN(CC)P(Oc1[c-]c(OP(N(CC)CC)N(CC)CC)ccc1)N(CC)CC.[Pd+][I]. The van der Waals surface area contributed by atoms with Crippen molar-refractivity contribution in [3.05, 3.63) is 24.3 Å². The summed E-state index contributed by atoms with van der Waals surface area (Å²) in [7, 11) is -1.74. The summed E-state index contributed by atoms with van der Waals surface area (Å²) in [6.07, 6.45) is 0. The van der Waals surface area contributed by atoms with Gasteiger partial charge in [-0.2, -0.15) is 6.07 Å². The molecule has 0 heterocycles. The molecule has 0 atom stereocenters. The molecule has 0 N–H and O–H groups in total. The minimum atomic E-state index is -0.870. The van der Waals surface area contributed by atoms with E-state index < -0.39 is 16.9 Å². The average Bonchev–Trinajstić information content (AvgIpc) is 2.83. The van der Waals surface area contributed by atoms with Crippen LogP contribution in [0, 0.1) is 6.07 Å². The van der Waals surface area contributed by atoms with Gasteiger partial charge in [-0.1, -0.05) is 61.5 Å². The van der Waals surface area contributed by atoms with Gasteiger partial charge in [0.1, 0.15) is 0 Å². The van der Waals surface area contributed by atoms with Gasteiger partial charge in [-0.25, -0.2) is 18.7 Å². The van der Waals surface area contributed by atoms with Crippen molar-refractivity contribution in [3.63, 3.8) is 0 Å². The molecule has 190 valence electrons. The number of hydrogen-bond donors (Lipinski definition) is 0. The third kappa shape index (κ3) is 10.7. The van der Waals surface area contributed by atoms with E-state index in [9.17, 15) is 0 Å². The molecule has 1 aromatic carbocycles. The summed E-state index contributed by atoms with van der Waals surface area (Å²) < 4.78 is 22.6. The van der Waals surface area contributed by atoms with Gasteiger partial charge >= 0.3 is 35.1 Å². The van der Waals surface area contributed by atoms with Crippen LogP contribution in [0.3, 0.4) is 0 Å². The van der Waals surface area contributed by atoms with Crippen LogP contribution in [-0.4, -0.2) is 71.0 Å². The van der Waals surface area contributed by atoms with Gasteiger partial charge in [-0.15, -0.1) is 12.1 Å². The predicted octanol–water partition coefficient (Wildman–Crippen LogP) is 6.95. The van der Waals surface area contributed by atoms with Gasteiger partial charge in [-0.05, 0) is 0 Å². The van der Waals surface area contributed by atoms with Crippen molar-refractivity contribution in [2.24, 2.45) is 0 Å². The molecule has 6 nitrogen and oxygen atoms in total. The van der Waals surface area contributed by atoms with Crippen molar-refractivity contribution in [1.29, 1.82) is 0 Å². The summed E-state index contributed by atoms with van der Waals surface area (Å²) in [5.41, 5.74) is 0. The molecule has 10 heteroatoms. The van der Waals surface area contributed by atoms with Crippen molar-refractivity contribution in [2.45, 2.75) is 55.4 Å². The number of nitrogens with zero attached hydrogens (tertiary/aromatic N) is 4. The summed E-state index contributed by atoms with van der Waals surface area (Å²) >= 11 is 4.72. The molecule has 0 saturated heterocycles. The molecule has 0 aliphatic carbocycles. The van der Waals surface area contributed by atoms with Crippen molar-refractivity contribution in [3.8, 4) is 11.5 Å². The van der Waals surface area contributed by atoms with E-state index in [4.69, 9.17) is 9.05 Å². The van der Waals surface area contributed by atoms with Crippen LogP contribution in [0.25, 0.3) is 0 Å². The molecule has 32 heavy (non-hydrogen) atoms. The molecule has 1 rings (SSSR count). The molecule has 0 bridgehead atoms. The number of halogens is 1. The molecular formula is C22H43IN4O2P2Pd. The Balaban J connectivity index is 0.00000466. The normalized spacial score (nSPS) is 11.7. The van der Waals surface area contributed by atoms with Gasteiger partial charge in [-0.3, -0.25) is 0 Å². The number of rotatable bonds is 16. The minimum absolute atomic E-state index is 0.756. The topological polar surface area (TPSA) is 31.4 Å². The fourth-order valence-electron chi connectivity index (χ4n) is 3.16. The monoisotopic (exact) mass is 690 g/mol. The van der Waals surface area contributed by atoms with Crippen LogP contribution >= 0.6 is 36.4 Å². The van der Waals surface area contributed by atoms with Gasteiger partial charge in [0.15, 0.2) is 0 Å². The summed E-state index contributed by atoms with van der Waals surface area (Å²) in [6.45, 7) is 25.2. The molecule has 0 radical (unpaired) electrons. The van der Waals surface area contributed by atoms with Crippen molar-refractivity contribution in [2.75, 3.05) is 52.4 Å². The van der Waals surface area contributed by atoms with E-state index in [0.717, 1.165) is 63.9 Å². The standard InChI is InChI=1S/C22H43N4O2P2.HI.Pd/c1-9-23(10-2)29(24(11-3)12-4)27-21-18-17-19-22(20-21)28-30(25(13-5)14-6)26(15-7)16-8;;/h17-19H,9-16H2,1-8H3;1H;/q-1;;+2/p-1. The van der Waals surface area contributed by atoms with Crippen LogP contribution in [0.1, 0.15) is 55.4 Å². The van der Waals surface area contributed by atoms with Gasteiger partial charge < -0.3 is 9.05 Å². The third-order valence-corrected chi connectivity index (χ3v) is 9.91. The second-order valence-corrected chi connectivity index (χ2v) is 10.3. The zero-order chi connectivity index (χ0) is 24.5. The molecule has 0 aliphatic heterocycles. The molecule has 0 aliphatic rings. The fraction of sp³-hybridized carbons (Fsp3) is 0.727. The zero-order valence-corrected chi connectivity index (χ0v) is 26.6. The van der Waals surface area contributed by atoms with Gasteiger partial charge in [0, 0.05) is 63.9 Å². The second kappa shape index (κ2) is 20.1. The number of hydrogen-bond acceptors (Lipinski definition) is 6. The maximum absolute atomic E-state index is 6.51. The van der Waals surface area contributed by atoms with E-state index in [1.165, 1.54) is 0 Å². The summed E-state index contributed by atoms with van der Waals surface area (Å²) in [6, 6.07) is 9.39. The van der Waals surface area contributed by atoms with Crippen molar-refractivity contribution >= 4 is 36.4 Å². The van der Waals surface area contributed by atoms with E-state index in [0.29, 0.717) is 0 Å². The van der Waals surface area contributed by atoms with Crippen LogP contribution in [0.4, 0.5) is 0 Å². The van der Waals surface area contributed by atoms with E-state index in [-0.39, 0.29) is 0 Å². The van der Waals surface area contributed by atoms with Crippen LogP contribution in [0.5, 0.6) is 11.5 Å². The van der Waals surface area contributed by atoms with Crippen LogP contribution in [-0.2, 0) is 15.6 Å². The first-order valence-corrected chi connectivity index (χ1v) is 18.6. The first kappa shape index (κ1) is 32.9. The van der Waals surface area contributed by atoms with Crippen LogP contribution in [0.2, 0.25) is 0 Å². The molecule has 0 spiro atoms. The fourth-order valence-corrected chi connectivity index (χ4v) is 6.84. The molecule has 0 aromatic heterocycles. The van der Waals surface area contributed by atoms with Gasteiger partial charge in [0.05, 0.1) is 0 Å². The average molecular weight is 691 g/mol. The first-order chi connectivity index (χ1) is 15.5. The Kier molecular flexibility index (Phi) is 20.7. The molecule has 1 aromatic rings. The van der Waals surface area contributed by atoms with Gasteiger partial charge in [0.25, 0.3) is 0 Å². The molecule has 0 unspecified atom stereocenters. The Bertz CT molecular complexity index is 509. The third-order valence-electron chi connectivity index (χ3n) is 4.99. The van der Waals surface area contributed by atoms with Crippen molar-refractivity contribution in [1.82, 2.24) is 18.7 Å². The molecule has 0 amide bonds. The zero-order valence-electron chi connectivity index (χ0n) is 21.1. The maximum atomic E-state index is 6.51. The Morgan fingerprint density at radius 2 is 0.875 bits per heavy atom. The van der Waals surface area contributed by atoms with E-state index in [1.54, 1.807) is 0 Å². The second-order valence-electron chi connectivity index (χ2n) is 6.62. The van der Waals surface area contributed by atoms with Gasteiger partial charge in [0.2, 0.25) is 16.9 Å². The summed E-state index contributed by atoms with van der Waals surface area (Å²) in [5, 5.41) is 0. The molecular weight excluding hydrogens is 648 g/mol.